The lowest BCUT2D eigenvalue weighted by Gasteiger charge is -2.08. The monoisotopic (exact) mass is 289 g/mol. The highest BCUT2D eigenvalue weighted by atomic mass is 19.1. The summed E-state index contributed by atoms with van der Waals surface area (Å²) in [5.74, 6) is -1.10. The Balaban J connectivity index is 2.68. The molecule has 108 valence electrons. The first-order valence-electron chi connectivity index (χ1n) is 6.07. The molecule has 0 radical (unpaired) electrons. The topological polar surface area (TPSA) is 69.4 Å². The van der Waals surface area contributed by atoms with Gasteiger partial charge in [0.1, 0.15) is 5.82 Å². The maximum atomic E-state index is 13.6. The fourth-order valence-corrected chi connectivity index (χ4v) is 2.03. The van der Waals surface area contributed by atoms with Gasteiger partial charge in [-0.1, -0.05) is 12.1 Å². The van der Waals surface area contributed by atoms with Crippen molar-refractivity contribution in [3.05, 3.63) is 63.5 Å². The van der Waals surface area contributed by atoms with Crippen LogP contribution in [0.1, 0.15) is 15.9 Å². The van der Waals surface area contributed by atoms with Crippen molar-refractivity contribution >= 4 is 11.7 Å². The molecular weight excluding hydrogens is 277 g/mol. The third kappa shape index (κ3) is 2.89. The molecule has 6 heteroatoms. The van der Waals surface area contributed by atoms with Crippen molar-refractivity contribution in [2.75, 3.05) is 7.11 Å². The van der Waals surface area contributed by atoms with Gasteiger partial charge in [0.05, 0.1) is 17.6 Å². The summed E-state index contributed by atoms with van der Waals surface area (Å²) in [6.07, 6.45) is 0. The van der Waals surface area contributed by atoms with E-state index >= 15 is 0 Å². The van der Waals surface area contributed by atoms with Crippen molar-refractivity contribution in [1.29, 1.82) is 0 Å². The molecule has 0 saturated carbocycles. The number of non-ortho nitro benzene ring substituents is 1. The number of benzene rings is 2. The summed E-state index contributed by atoms with van der Waals surface area (Å²) in [6.45, 7) is 1.57. The number of nitro groups is 1. The first-order chi connectivity index (χ1) is 9.93. The molecule has 0 unspecified atom stereocenters. The van der Waals surface area contributed by atoms with Crippen LogP contribution in [-0.4, -0.2) is 18.0 Å². The molecule has 0 amide bonds. The summed E-state index contributed by atoms with van der Waals surface area (Å²) < 4.78 is 18.2. The second-order valence-electron chi connectivity index (χ2n) is 4.43. The molecule has 0 aliphatic rings. The van der Waals surface area contributed by atoms with Crippen molar-refractivity contribution < 1.29 is 18.8 Å². The minimum atomic E-state index is -0.686. The predicted octanol–water partition coefficient (Wildman–Crippen LogP) is 3.50. The highest BCUT2D eigenvalue weighted by Gasteiger charge is 2.17. The average molecular weight is 289 g/mol. The molecule has 0 fully saturated rings. The zero-order chi connectivity index (χ0) is 15.6. The van der Waals surface area contributed by atoms with Gasteiger partial charge in [0.25, 0.3) is 5.69 Å². The summed E-state index contributed by atoms with van der Waals surface area (Å²) in [5.41, 5.74) is 1.03. The van der Waals surface area contributed by atoms with Gasteiger partial charge in [0.2, 0.25) is 0 Å². The second-order valence-corrected chi connectivity index (χ2v) is 4.43. The summed E-state index contributed by atoms with van der Waals surface area (Å²) in [6, 6.07) is 8.32. The Kier molecular flexibility index (Phi) is 3.98. The standard InChI is InChI=1S/C15H12FNO4/c1-9-13(4-3-5-14(9)16)10-6-11(15(18)21-2)8-12(7-10)17(19)20/h3-8H,1-2H3. The van der Waals surface area contributed by atoms with Gasteiger partial charge in [0.15, 0.2) is 0 Å². The molecule has 2 aromatic carbocycles. The maximum Gasteiger partial charge on any atom is 0.338 e. The highest BCUT2D eigenvalue weighted by Crippen LogP contribution is 2.29. The van der Waals surface area contributed by atoms with E-state index in [0.29, 0.717) is 16.7 Å². The lowest BCUT2D eigenvalue weighted by molar-refractivity contribution is -0.384. The minimum Gasteiger partial charge on any atom is -0.465 e. The normalized spacial score (nSPS) is 10.2. The number of esters is 1. The molecule has 2 aromatic rings. The number of ether oxygens (including phenoxy) is 1. The van der Waals surface area contributed by atoms with Crippen LogP contribution in [0.2, 0.25) is 0 Å². The minimum absolute atomic E-state index is 0.0466. The van der Waals surface area contributed by atoms with Crippen LogP contribution < -0.4 is 0 Å². The SMILES string of the molecule is COC(=O)c1cc(-c2cccc(F)c2C)cc([N+](=O)[O-])c1. The molecule has 21 heavy (non-hydrogen) atoms. The molecule has 0 heterocycles. The summed E-state index contributed by atoms with van der Waals surface area (Å²) in [4.78, 5) is 22.0. The molecule has 2 rings (SSSR count). The number of carbonyl (C=O) groups excluding carboxylic acids is 1. The van der Waals surface area contributed by atoms with E-state index < -0.39 is 16.7 Å². The molecule has 5 nitrogen and oxygen atoms in total. The highest BCUT2D eigenvalue weighted by molar-refractivity contribution is 5.92. The average Bonchev–Trinajstić information content (AvgIpc) is 2.48. The summed E-state index contributed by atoms with van der Waals surface area (Å²) in [5, 5.41) is 11.0. The van der Waals surface area contributed by atoms with E-state index in [9.17, 15) is 19.3 Å². The zero-order valence-corrected chi connectivity index (χ0v) is 11.4. The number of nitro benzene ring substituents is 1. The molecule has 0 aromatic heterocycles. The first kappa shape index (κ1) is 14.6. The van der Waals surface area contributed by atoms with Gasteiger partial charge in [0, 0.05) is 12.1 Å². The van der Waals surface area contributed by atoms with Crippen molar-refractivity contribution in [3.8, 4) is 11.1 Å². The summed E-state index contributed by atoms with van der Waals surface area (Å²) in [7, 11) is 1.19. The van der Waals surface area contributed by atoms with Gasteiger partial charge in [-0.3, -0.25) is 10.1 Å². The first-order valence-corrected chi connectivity index (χ1v) is 6.07. The lowest BCUT2D eigenvalue weighted by Crippen LogP contribution is -2.03. The van der Waals surface area contributed by atoms with E-state index in [2.05, 4.69) is 4.74 Å². The number of nitrogens with zero attached hydrogens (tertiary/aromatic N) is 1. The quantitative estimate of drug-likeness (QED) is 0.492. The van der Waals surface area contributed by atoms with Gasteiger partial charge in [-0.15, -0.1) is 0 Å². The number of methoxy groups -OCH3 is 1. The lowest BCUT2D eigenvalue weighted by atomic mass is 9.98. The zero-order valence-electron chi connectivity index (χ0n) is 11.4. The van der Waals surface area contributed by atoms with Crippen LogP contribution >= 0.6 is 0 Å². The van der Waals surface area contributed by atoms with E-state index in [-0.39, 0.29) is 11.3 Å². The predicted molar refractivity (Wildman–Crippen MR) is 74.6 cm³/mol. The largest absolute Gasteiger partial charge is 0.465 e. The van der Waals surface area contributed by atoms with Crippen LogP contribution in [0.3, 0.4) is 0 Å². The van der Waals surface area contributed by atoms with Gasteiger partial charge in [-0.2, -0.15) is 0 Å². The van der Waals surface area contributed by atoms with E-state index in [1.54, 1.807) is 13.0 Å². The number of rotatable bonds is 3. The number of carbonyl (C=O) groups is 1. The maximum absolute atomic E-state index is 13.6. The Morgan fingerprint density at radius 1 is 1.29 bits per heavy atom. The Labute approximate surface area is 120 Å². The van der Waals surface area contributed by atoms with Gasteiger partial charge in [-0.05, 0) is 35.7 Å². The fourth-order valence-electron chi connectivity index (χ4n) is 2.03. The Morgan fingerprint density at radius 2 is 2.00 bits per heavy atom. The molecule has 0 aliphatic carbocycles. The Morgan fingerprint density at radius 3 is 2.62 bits per heavy atom. The van der Waals surface area contributed by atoms with Crippen LogP contribution in [0.25, 0.3) is 11.1 Å². The van der Waals surface area contributed by atoms with Gasteiger partial charge < -0.3 is 4.74 Å². The molecule has 0 atom stereocenters. The van der Waals surface area contributed by atoms with Crippen molar-refractivity contribution in [2.24, 2.45) is 0 Å². The second kappa shape index (κ2) is 5.70. The van der Waals surface area contributed by atoms with E-state index in [4.69, 9.17) is 0 Å². The molecule has 0 saturated heterocycles. The smallest absolute Gasteiger partial charge is 0.338 e. The van der Waals surface area contributed by atoms with Crippen molar-refractivity contribution in [1.82, 2.24) is 0 Å². The molecule has 0 N–H and O–H groups in total. The van der Waals surface area contributed by atoms with Crippen LogP contribution in [0.4, 0.5) is 10.1 Å². The van der Waals surface area contributed by atoms with Gasteiger partial charge in [-0.25, -0.2) is 9.18 Å². The number of hydrogen-bond donors (Lipinski definition) is 0. The fraction of sp³-hybridized carbons (Fsp3) is 0.133. The van der Waals surface area contributed by atoms with Crippen molar-refractivity contribution in [2.45, 2.75) is 6.92 Å². The number of halogens is 1. The van der Waals surface area contributed by atoms with Crippen LogP contribution in [0.5, 0.6) is 0 Å². The molecular formula is C15H12FNO4. The van der Waals surface area contributed by atoms with Crippen molar-refractivity contribution in [3.63, 3.8) is 0 Å². The van der Waals surface area contributed by atoms with Gasteiger partial charge >= 0.3 is 5.97 Å². The Hall–Kier alpha value is -2.76. The van der Waals surface area contributed by atoms with Crippen LogP contribution in [0.15, 0.2) is 36.4 Å². The Bertz CT molecular complexity index is 728. The molecule has 0 aliphatic heterocycles. The van der Waals surface area contributed by atoms with E-state index in [0.717, 1.165) is 6.07 Å². The third-order valence-electron chi connectivity index (χ3n) is 3.13. The van der Waals surface area contributed by atoms with E-state index in [1.807, 2.05) is 0 Å². The van der Waals surface area contributed by atoms with E-state index in [1.165, 1.54) is 31.4 Å². The number of hydrogen-bond acceptors (Lipinski definition) is 4. The summed E-state index contributed by atoms with van der Waals surface area (Å²) >= 11 is 0. The molecule has 0 bridgehead atoms. The van der Waals surface area contributed by atoms with Crippen LogP contribution in [-0.2, 0) is 4.74 Å². The molecule has 0 spiro atoms. The van der Waals surface area contributed by atoms with Crippen LogP contribution in [0, 0.1) is 22.9 Å². The third-order valence-corrected chi connectivity index (χ3v) is 3.13.